The molecule has 16 nitrogen and oxygen atoms in total. The zero-order chi connectivity index (χ0) is 48.5. The van der Waals surface area contributed by atoms with Gasteiger partial charge in [-0.2, -0.15) is 0 Å². The number of nitrogens with one attached hydrogen (secondary N) is 2. The van der Waals surface area contributed by atoms with Crippen molar-refractivity contribution in [2.45, 2.75) is 117 Å². The first-order valence-corrected chi connectivity index (χ1v) is 23.7. The van der Waals surface area contributed by atoms with Crippen LogP contribution in [0.5, 0.6) is 5.75 Å². The quantitative estimate of drug-likeness (QED) is 0.145. The zero-order valence-electron chi connectivity index (χ0n) is 40.4. The highest BCUT2D eigenvalue weighted by Gasteiger charge is 2.44. The van der Waals surface area contributed by atoms with Gasteiger partial charge in [0.2, 0.25) is 17.7 Å². The van der Waals surface area contributed by atoms with Gasteiger partial charge in [0.05, 0.1) is 24.1 Å². The van der Waals surface area contributed by atoms with Gasteiger partial charge in [-0.15, -0.1) is 0 Å². The summed E-state index contributed by atoms with van der Waals surface area (Å²) in [6.07, 6.45) is 3.39. The van der Waals surface area contributed by atoms with Crippen LogP contribution in [0.15, 0.2) is 54.7 Å². The van der Waals surface area contributed by atoms with Crippen LogP contribution in [0.1, 0.15) is 90.7 Å². The van der Waals surface area contributed by atoms with E-state index in [0.29, 0.717) is 49.9 Å². The Kier molecular flexibility index (Phi) is 14.8. The Morgan fingerprint density at radius 3 is 2.49 bits per heavy atom. The number of nitrogens with zero attached hydrogens (tertiary/aromatic N) is 5. The number of methoxy groups -OCH3 is 1. The molecular weight excluding hydrogens is 853 g/mol. The zero-order valence-corrected chi connectivity index (χ0v) is 40.4. The molecule has 4 aromatic rings. The van der Waals surface area contributed by atoms with Crippen LogP contribution < -0.4 is 16.5 Å². The summed E-state index contributed by atoms with van der Waals surface area (Å²) in [4.78, 5) is 77.9. The number of nitrogens with two attached hydrogens (primary N) is 1. The van der Waals surface area contributed by atoms with E-state index >= 15 is 0 Å². The predicted octanol–water partition coefficient (Wildman–Crippen LogP) is 5.13. The first kappa shape index (κ1) is 49.1. The number of likely N-dealkylation sites (N-methyl/N-ethyl adjacent to an activating group) is 1. The van der Waals surface area contributed by atoms with E-state index in [4.69, 9.17) is 20.2 Å². The number of aryl methyl sites for hydroxylation is 1. The van der Waals surface area contributed by atoms with Crippen molar-refractivity contribution >= 4 is 40.5 Å². The fourth-order valence-corrected chi connectivity index (χ4v) is 9.91. The number of phenols is 1. The summed E-state index contributed by atoms with van der Waals surface area (Å²) in [5, 5.41) is 16.7. The number of aromatic nitrogens is 2. The summed E-state index contributed by atoms with van der Waals surface area (Å²) in [6, 6.07) is 11.7. The molecule has 0 aliphatic carbocycles. The lowest BCUT2D eigenvalue weighted by molar-refractivity contribution is -0.158. The highest BCUT2D eigenvalue weighted by atomic mass is 16.5. The maximum atomic E-state index is 14.7. The third-order valence-electron chi connectivity index (χ3n) is 13.7. The molecule has 1 unspecified atom stereocenters. The molecular formula is C51H68N8O8. The number of cyclic esters (lactones) is 1. The van der Waals surface area contributed by atoms with E-state index in [1.807, 2.05) is 39.0 Å². The molecule has 7 rings (SSSR count). The molecule has 3 aliphatic rings. The Balaban J connectivity index is 1.31. The molecule has 2 aromatic carbocycles. The minimum Gasteiger partial charge on any atom is -0.508 e. The van der Waals surface area contributed by atoms with Crippen LogP contribution in [0.3, 0.4) is 0 Å². The number of esters is 1. The number of benzene rings is 2. The fraction of sp³-hybridized carbons (Fsp3) is 0.529. The lowest BCUT2D eigenvalue weighted by atomic mass is 9.84. The number of amides is 4. The Morgan fingerprint density at radius 1 is 1.06 bits per heavy atom. The molecule has 360 valence electrons. The molecule has 6 atom stereocenters. The topological polar surface area (TPSA) is 202 Å². The van der Waals surface area contributed by atoms with Crippen LogP contribution >= 0.6 is 0 Å². The molecule has 2 fully saturated rings. The van der Waals surface area contributed by atoms with Gasteiger partial charge in [0.1, 0.15) is 29.9 Å². The molecule has 5 heterocycles. The minimum atomic E-state index is -1.18. The van der Waals surface area contributed by atoms with Gasteiger partial charge in [-0.1, -0.05) is 46.8 Å². The van der Waals surface area contributed by atoms with E-state index in [0.717, 1.165) is 39.0 Å². The van der Waals surface area contributed by atoms with E-state index in [1.165, 1.54) is 14.8 Å². The maximum absolute atomic E-state index is 14.7. The van der Waals surface area contributed by atoms with Crippen molar-refractivity contribution in [1.29, 1.82) is 0 Å². The number of fused-ring (bicyclic) bond motifs is 6. The molecule has 67 heavy (non-hydrogen) atoms. The Labute approximate surface area is 393 Å². The van der Waals surface area contributed by atoms with E-state index in [9.17, 15) is 29.1 Å². The lowest BCUT2D eigenvalue weighted by Gasteiger charge is -2.44. The van der Waals surface area contributed by atoms with Gasteiger partial charge < -0.3 is 40.0 Å². The van der Waals surface area contributed by atoms with E-state index < -0.39 is 53.3 Å². The predicted molar refractivity (Wildman–Crippen MR) is 255 cm³/mol. The van der Waals surface area contributed by atoms with Crippen molar-refractivity contribution in [3.8, 4) is 28.1 Å². The average Bonchev–Trinajstić information content (AvgIpc) is 3.59. The van der Waals surface area contributed by atoms with Gasteiger partial charge >= 0.3 is 5.97 Å². The second-order valence-corrected chi connectivity index (χ2v) is 19.6. The van der Waals surface area contributed by atoms with Crippen molar-refractivity contribution in [2.75, 3.05) is 40.4 Å². The Hall–Kier alpha value is -5.84. The van der Waals surface area contributed by atoms with Crippen molar-refractivity contribution in [1.82, 2.24) is 35.1 Å². The summed E-state index contributed by atoms with van der Waals surface area (Å²) >= 11 is 0. The van der Waals surface area contributed by atoms with Crippen LogP contribution in [0, 0.1) is 17.3 Å². The number of phenolic OH excluding ortho intramolecular Hbond substituents is 1. The molecule has 0 spiro atoms. The largest absolute Gasteiger partial charge is 0.508 e. The minimum absolute atomic E-state index is 0.0193. The van der Waals surface area contributed by atoms with Gasteiger partial charge in [0, 0.05) is 80.8 Å². The molecule has 3 aliphatic heterocycles. The van der Waals surface area contributed by atoms with Crippen molar-refractivity contribution in [2.24, 2.45) is 23.0 Å². The van der Waals surface area contributed by atoms with Crippen LogP contribution in [0.4, 0.5) is 0 Å². The number of ether oxygens (including phenoxy) is 2. The van der Waals surface area contributed by atoms with Crippen molar-refractivity contribution in [3.05, 3.63) is 71.5 Å². The normalized spacial score (nSPS) is 21.2. The molecule has 16 heteroatoms. The number of aromatic hydroxyl groups is 1. The van der Waals surface area contributed by atoms with Crippen LogP contribution in [-0.4, -0.2) is 124 Å². The van der Waals surface area contributed by atoms with E-state index in [1.54, 1.807) is 39.4 Å². The highest BCUT2D eigenvalue weighted by molar-refractivity contribution is 5.97. The molecule has 4 amide bonds. The molecule has 2 saturated heterocycles. The Morgan fingerprint density at radius 2 is 1.82 bits per heavy atom. The van der Waals surface area contributed by atoms with E-state index in [-0.39, 0.29) is 55.7 Å². The molecule has 0 radical (unpaired) electrons. The standard InChI is InChI=1S/C51H68N8O8/c1-10-57-41-16-15-33-25-37(41)38(45(57)36-13-11-18-53-43(36)31(5)66-9)26-51(6,7)28-67-50(65)39-14-12-19-59(55-39)48(63)40(23-32-21-34(33)24-35(60)22-32)54-46(61)44(29(2)3)56(8)49(64)42-17-20-58(42)47(62)30(4)27-52/h11,13,15-16,18,21-22,24-25,29-31,39-40,42,44,55,60H,10,12,14,17,19-20,23,26-28,52H2,1-9H3,(H,54,61)/t30?,31-,39-,40-,42+,44-/m0/s1. The Bertz CT molecular complexity index is 2520. The number of rotatable bonds is 11. The van der Waals surface area contributed by atoms with Crippen LogP contribution in [0.2, 0.25) is 0 Å². The monoisotopic (exact) mass is 921 g/mol. The van der Waals surface area contributed by atoms with Gasteiger partial charge in [0.25, 0.3) is 5.91 Å². The molecule has 6 bridgehead atoms. The number of carbonyl (C=O) groups excluding carboxylic acids is 5. The van der Waals surface area contributed by atoms with Crippen molar-refractivity contribution in [3.63, 3.8) is 0 Å². The highest BCUT2D eigenvalue weighted by Crippen LogP contribution is 2.42. The second kappa shape index (κ2) is 20.2. The summed E-state index contributed by atoms with van der Waals surface area (Å²) in [7, 11) is 3.22. The van der Waals surface area contributed by atoms with E-state index in [2.05, 4.69) is 54.3 Å². The van der Waals surface area contributed by atoms with Gasteiger partial charge in [0.15, 0.2) is 0 Å². The third kappa shape index (κ3) is 10.1. The third-order valence-corrected chi connectivity index (χ3v) is 13.7. The number of carbonyl (C=O) groups is 5. The first-order chi connectivity index (χ1) is 31.9. The second-order valence-electron chi connectivity index (χ2n) is 19.6. The summed E-state index contributed by atoms with van der Waals surface area (Å²) < 4.78 is 14.2. The van der Waals surface area contributed by atoms with Gasteiger partial charge in [-0.05, 0) is 104 Å². The number of hydrogen-bond acceptors (Lipinski definition) is 11. The summed E-state index contributed by atoms with van der Waals surface area (Å²) in [5.74, 6) is -2.96. The van der Waals surface area contributed by atoms with Gasteiger partial charge in [-0.3, -0.25) is 34.0 Å². The lowest BCUT2D eigenvalue weighted by Crippen LogP contribution is -2.64. The number of hydrogen-bond donors (Lipinski definition) is 4. The fourth-order valence-electron chi connectivity index (χ4n) is 9.91. The number of likely N-dealkylation sites (tertiary alicyclic amines) is 1. The molecule has 2 aromatic heterocycles. The summed E-state index contributed by atoms with van der Waals surface area (Å²) in [6.45, 7) is 15.2. The van der Waals surface area contributed by atoms with Crippen LogP contribution in [-0.2, 0) is 52.8 Å². The summed E-state index contributed by atoms with van der Waals surface area (Å²) in [5.41, 5.74) is 15.2. The average molecular weight is 921 g/mol. The van der Waals surface area contributed by atoms with Crippen molar-refractivity contribution < 1.29 is 38.6 Å². The first-order valence-electron chi connectivity index (χ1n) is 23.7. The van der Waals surface area contributed by atoms with Crippen LogP contribution in [0.25, 0.3) is 33.3 Å². The van der Waals surface area contributed by atoms with Gasteiger partial charge in [-0.25, -0.2) is 5.43 Å². The number of pyridine rings is 1. The number of hydrazine groups is 1. The molecule has 0 saturated carbocycles. The smallest absolute Gasteiger partial charge is 0.324 e. The maximum Gasteiger partial charge on any atom is 0.324 e. The SMILES string of the molecule is CCn1c(-c2cccnc2[C@H](C)OC)c2c3cc(ccc31)-c1cc(O)cc(c1)C[C@H](NC(=O)[C@H](C(C)C)N(C)C(=O)[C@H]1CCN1C(=O)C(C)CN)C(=O)N1CCC[C@H](N1)C(=O)OCC(C)(C)C2. The molecule has 5 N–H and O–H groups in total.